The lowest BCUT2D eigenvalue weighted by atomic mass is 10.1. The smallest absolute Gasteiger partial charge is 0.352 e. The molecule has 8 nitrogen and oxygen atoms in total. The summed E-state index contributed by atoms with van der Waals surface area (Å²) in [5, 5.41) is 6.23. The summed E-state index contributed by atoms with van der Waals surface area (Å²) in [5.41, 5.74) is 1.44. The summed E-state index contributed by atoms with van der Waals surface area (Å²) in [6, 6.07) is 12.9. The van der Waals surface area contributed by atoms with Gasteiger partial charge in [-0.1, -0.05) is 22.0 Å². The monoisotopic (exact) mass is 504 g/mol. The molecular weight excluding hydrogens is 480 g/mol. The topological polar surface area (TPSA) is 95.1 Å². The van der Waals surface area contributed by atoms with Crippen molar-refractivity contribution in [2.24, 2.45) is 0 Å². The minimum absolute atomic E-state index is 0.207. The van der Waals surface area contributed by atoms with E-state index in [1.54, 1.807) is 14.2 Å². The van der Waals surface area contributed by atoms with Gasteiger partial charge in [-0.25, -0.2) is 9.59 Å². The van der Waals surface area contributed by atoms with Crippen LogP contribution in [0.5, 0.6) is 11.5 Å². The molecule has 0 atom stereocenters. The molecule has 2 aromatic carbocycles. The Balaban J connectivity index is 1.82. The Morgan fingerprint density at radius 3 is 2.19 bits per heavy atom. The number of cyclic esters (lactones) is 2. The van der Waals surface area contributed by atoms with Gasteiger partial charge >= 0.3 is 11.9 Å². The highest BCUT2D eigenvalue weighted by Gasteiger charge is 2.41. The summed E-state index contributed by atoms with van der Waals surface area (Å²) >= 11 is 3.39. The molecule has 3 rings (SSSR count). The van der Waals surface area contributed by atoms with Crippen molar-refractivity contribution in [1.29, 1.82) is 0 Å². The van der Waals surface area contributed by atoms with Gasteiger partial charge in [-0.15, -0.1) is 0 Å². The minimum atomic E-state index is -1.32. The highest BCUT2D eigenvalue weighted by atomic mass is 79.9. The number of rotatable bonds is 8. The molecule has 1 aliphatic heterocycles. The largest absolute Gasteiger partial charge is 0.493 e. The van der Waals surface area contributed by atoms with E-state index in [2.05, 4.69) is 26.6 Å². The highest BCUT2D eigenvalue weighted by molar-refractivity contribution is 9.10. The van der Waals surface area contributed by atoms with E-state index in [1.165, 1.54) is 13.8 Å². The second kappa shape index (κ2) is 9.95. The summed E-state index contributed by atoms with van der Waals surface area (Å²) in [6.45, 7) is 3.43. The van der Waals surface area contributed by atoms with Crippen molar-refractivity contribution in [3.05, 3.63) is 63.9 Å². The van der Waals surface area contributed by atoms with Gasteiger partial charge in [-0.3, -0.25) is 0 Å². The van der Waals surface area contributed by atoms with Crippen molar-refractivity contribution in [2.75, 3.05) is 26.1 Å². The SMILES string of the molecule is COc1ccc(CCNC(Nc2ccc(Br)cc2)=C2C(=O)OC(C)(C)OC2=O)cc1OC. The van der Waals surface area contributed by atoms with Crippen molar-refractivity contribution in [3.63, 3.8) is 0 Å². The molecule has 9 heteroatoms. The van der Waals surface area contributed by atoms with Crippen LogP contribution in [0, 0.1) is 0 Å². The first kappa shape index (κ1) is 23.5. The van der Waals surface area contributed by atoms with Gasteiger partial charge in [0.15, 0.2) is 17.1 Å². The molecule has 32 heavy (non-hydrogen) atoms. The average molecular weight is 505 g/mol. The zero-order valence-corrected chi connectivity index (χ0v) is 19.9. The zero-order chi connectivity index (χ0) is 23.3. The number of carbonyl (C=O) groups excluding carboxylic acids is 2. The molecular formula is C23H25BrN2O6. The van der Waals surface area contributed by atoms with Gasteiger partial charge in [-0.05, 0) is 48.4 Å². The van der Waals surface area contributed by atoms with Gasteiger partial charge in [0.05, 0.1) is 14.2 Å². The van der Waals surface area contributed by atoms with E-state index in [0.29, 0.717) is 30.2 Å². The number of hydrogen-bond donors (Lipinski definition) is 2. The Bertz CT molecular complexity index is 1010. The normalized spacial score (nSPS) is 14.8. The van der Waals surface area contributed by atoms with E-state index in [0.717, 1.165) is 10.0 Å². The molecule has 1 heterocycles. The van der Waals surface area contributed by atoms with Crippen LogP contribution in [0.3, 0.4) is 0 Å². The fourth-order valence-electron chi connectivity index (χ4n) is 3.10. The molecule has 0 bridgehead atoms. The third kappa shape index (κ3) is 5.73. The van der Waals surface area contributed by atoms with E-state index in [9.17, 15) is 9.59 Å². The number of ether oxygens (including phenoxy) is 4. The second-order valence-electron chi connectivity index (χ2n) is 7.43. The summed E-state index contributed by atoms with van der Waals surface area (Å²) < 4.78 is 22.0. The molecule has 170 valence electrons. The van der Waals surface area contributed by atoms with Crippen molar-refractivity contribution >= 4 is 33.6 Å². The first-order valence-corrected chi connectivity index (χ1v) is 10.7. The lowest BCUT2D eigenvalue weighted by molar-refractivity contribution is -0.222. The van der Waals surface area contributed by atoms with Crippen LogP contribution in [0.15, 0.2) is 58.3 Å². The number of benzene rings is 2. The Morgan fingerprint density at radius 1 is 0.969 bits per heavy atom. The van der Waals surface area contributed by atoms with E-state index < -0.39 is 17.7 Å². The fourth-order valence-corrected chi connectivity index (χ4v) is 3.36. The molecule has 0 unspecified atom stereocenters. The molecule has 1 fully saturated rings. The van der Waals surface area contributed by atoms with Crippen LogP contribution in [-0.4, -0.2) is 38.5 Å². The second-order valence-corrected chi connectivity index (χ2v) is 8.34. The molecule has 0 amide bonds. The van der Waals surface area contributed by atoms with Gasteiger partial charge in [-0.2, -0.15) is 0 Å². The number of hydrogen-bond acceptors (Lipinski definition) is 8. The van der Waals surface area contributed by atoms with E-state index in [1.807, 2.05) is 42.5 Å². The lowest BCUT2D eigenvalue weighted by Crippen LogP contribution is -2.44. The lowest BCUT2D eigenvalue weighted by Gasteiger charge is -2.31. The average Bonchev–Trinajstić information content (AvgIpc) is 2.73. The predicted molar refractivity (Wildman–Crippen MR) is 122 cm³/mol. The maximum Gasteiger partial charge on any atom is 0.352 e. The fraction of sp³-hybridized carbons (Fsp3) is 0.304. The summed E-state index contributed by atoms with van der Waals surface area (Å²) in [5.74, 6) is -1.37. The van der Waals surface area contributed by atoms with Gasteiger partial charge in [0.2, 0.25) is 0 Å². The third-order valence-electron chi connectivity index (χ3n) is 4.61. The summed E-state index contributed by atoms with van der Waals surface area (Å²) in [6.07, 6.45) is 0.592. The van der Waals surface area contributed by atoms with Crippen molar-refractivity contribution in [2.45, 2.75) is 26.1 Å². The Hall–Kier alpha value is -3.20. The molecule has 0 aromatic heterocycles. The van der Waals surface area contributed by atoms with Crippen LogP contribution in [0.2, 0.25) is 0 Å². The number of esters is 2. The van der Waals surface area contributed by atoms with Crippen LogP contribution in [0.25, 0.3) is 0 Å². The van der Waals surface area contributed by atoms with Gasteiger partial charge in [0, 0.05) is 30.6 Å². The quantitative estimate of drug-likeness (QED) is 0.318. The Morgan fingerprint density at radius 2 is 1.59 bits per heavy atom. The Labute approximate surface area is 195 Å². The summed E-state index contributed by atoms with van der Waals surface area (Å²) in [4.78, 5) is 25.2. The number of halogens is 1. The maximum atomic E-state index is 12.6. The Kier molecular flexibility index (Phi) is 7.29. The van der Waals surface area contributed by atoms with E-state index in [-0.39, 0.29) is 11.4 Å². The van der Waals surface area contributed by atoms with Gasteiger partial charge in [0.25, 0.3) is 5.79 Å². The minimum Gasteiger partial charge on any atom is -0.493 e. The molecule has 0 spiro atoms. The van der Waals surface area contributed by atoms with Gasteiger partial charge in [0.1, 0.15) is 5.82 Å². The predicted octanol–water partition coefficient (Wildman–Crippen LogP) is 3.76. The zero-order valence-electron chi connectivity index (χ0n) is 18.3. The number of methoxy groups -OCH3 is 2. The molecule has 2 aromatic rings. The van der Waals surface area contributed by atoms with Crippen LogP contribution in [0.4, 0.5) is 5.69 Å². The number of nitrogens with one attached hydrogen (secondary N) is 2. The highest BCUT2D eigenvalue weighted by Crippen LogP contribution is 2.28. The first-order chi connectivity index (χ1) is 15.2. The van der Waals surface area contributed by atoms with Crippen LogP contribution in [-0.2, 0) is 25.5 Å². The van der Waals surface area contributed by atoms with Crippen LogP contribution in [0.1, 0.15) is 19.4 Å². The molecule has 0 radical (unpaired) electrons. The van der Waals surface area contributed by atoms with E-state index in [4.69, 9.17) is 18.9 Å². The molecule has 1 aliphatic rings. The maximum absolute atomic E-state index is 12.6. The number of carbonyl (C=O) groups is 2. The van der Waals surface area contributed by atoms with Crippen LogP contribution >= 0.6 is 15.9 Å². The molecule has 0 aliphatic carbocycles. The van der Waals surface area contributed by atoms with Crippen molar-refractivity contribution in [1.82, 2.24) is 5.32 Å². The molecule has 2 N–H and O–H groups in total. The van der Waals surface area contributed by atoms with Crippen molar-refractivity contribution < 1.29 is 28.5 Å². The van der Waals surface area contributed by atoms with Gasteiger partial charge < -0.3 is 29.6 Å². The third-order valence-corrected chi connectivity index (χ3v) is 5.14. The number of anilines is 1. The van der Waals surface area contributed by atoms with Crippen LogP contribution < -0.4 is 20.1 Å². The standard InChI is InChI=1S/C23H25BrN2O6/c1-23(2)31-21(27)19(22(28)32-23)20(26-16-8-6-15(24)7-9-16)25-12-11-14-5-10-17(29-3)18(13-14)30-4/h5-10,13,25-26H,11-12H2,1-4H3. The summed E-state index contributed by atoms with van der Waals surface area (Å²) in [7, 11) is 3.15. The van der Waals surface area contributed by atoms with E-state index >= 15 is 0 Å². The molecule has 0 saturated carbocycles. The van der Waals surface area contributed by atoms with Crippen molar-refractivity contribution in [3.8, 4) is 11.5 Å². The first-order valence-electron chi connectivity index (χ1n) is 9.90. The molecule has 1 saturated heterocycles.